The Kier molecular flexibility index (Phi) is 5.28. The molecule has 0 saturated carbocycles. The molecule has 0 fully saturated rings. The highest BCUT2D eigenvalue weighted by molar-refractivity contribution is 9.11. The number of hydrogen-bond donors (Lipinski definition) is 0. The standard InChI is InChI=1S/C9H9Br2F3OS/c1-5-2-7(16-8(5)11)6(10)3-15-4-9(12,13)14/h2,6H,3-4H2,1H3. The van der Waals surface area contributed by atoms with E-state index < -0.39 is 12.8 Å². The van der Waals surface area contributed by atoms with E-state index in [1.165, 1.54) is 11.3 Å². The third-order valence-electron chi connectivity index (χ3n) is 1.71. The molecule has 1 unspecified atom stereocenters. The molecule has 0 aliphatic rings. The minimum atomic E-state index is -4.27. The highest BCUT2D eigenvalue weighted by Crippen LogP contribution is 2.35. The molecular formula is C9H9Br2F3OS. The lowest BCUT2D eigenvalue weighted by molar-refractivity contribution is -0.173. The van der Waals surface area contributed by atoms with Gasteiger partial charge < -0.3 is 4.74 Å². The molecule has 0 aliphatic heterocycles. The number of aryl methyl sites for hydroxylation is 1. The summed E-state index contributed by atoms with van der Waals surface area (Å²) in [4.78, 5) is 0.747. The minimum absolute atomic E-state index is 0.00586. The van der Waals surface area contributed by atoms with Crippen LogP contribution in [0.5, 0.6) is 0 Å². The zero-order valence-electron chi connectivity index (χ0n) is 8.28. The summed E-state index contributed by atoms with van der Waals surface area (Å²) in [6, 6.07) is 1.92. The molecule has 1 aromatic heterocycles. The van der Waals surface area contributed by atoms with Crippen molar-refractivity contribution in [3.8, 4) is 0 Å². The molecule has 1 rings (SSSR count). The van der Waals surface area contributed by atoms with Gasteiger partial charge in [0.1, 0.15) is 6.61 Å². The van der Waals surface area contributed by atoms with Crippen molar-refractivity contribution in [1.82, 2.24) is 0 Å². The average molecular weight is 382 g/mol. The zero-order valence-corrected chi connectivity index (χ0v) is 12.3. The van der Waals surface area contributed by atoms with Crippen LogP contribution < -0.4 is 0 Å². The van der Waals surface area contributed by atoms with Gasteiger partial charge in [-0.25, -0.2) is 0 Å². The van der Waals surface area contributed by atoms with Gasteiger partial charge in [0.15, 0.2) is 0 Å². The van der Waals surface area contributed by atoms with Gasteiger partial charge in [-0.15, -0.1) is 11.3 Å². The Labute approximate surface area is 112 Å². The van der Waals surface area contributed by atoms with Gasteiger partial charge in [0.2, 0.25) is 0 Å². The number of hydrogen-bond acceptors (Lipinski definition) is 2. The van der Waals surface area contributed by atoms with E-state index in [-0.39, 0.29) is 11.4 Å². The van der Waals surface area contributed by atoms with Gasteiger partial charge in [-0.3, -0.25) is 0 Å². The van der Waals surface area contributed by atoms with Crippen LogP contribution in [0.4, 0.5) is 13.2 Å². The summed E-state index contributed by atoms with van der Waals surface area (Å²) in [6.45, 7) is 0.729. The largest absolute Gasteiger partial charge is 0.411 e. The maximum absolute atomic E-state index is 11.8. The molecule has 0 aliphatic carbocycles. The van der Waals surface area contributed by atoms with Gasteiger partial charge in [0.05, 0.1) is 15.2 Å². The van der Waals surface area contributed by atoms with Crippen molar-refractivity contribution in [2.24, 2.45) is 0 Å². The topological polar surface area (TPSA) is 9.23 Å². The first kappa shape index (κ1) is 14.5. The summed E-state index contributed by atoms with van der Waals surface area (Å²) < 4.78 is 41.1. The third kappa shape index (κ3) is 4.73. The Bertz CT molecular complexity index is 332. The van der Waals surface area contributed by atoms with Crippen LogP contribution in [0.1, 0.15) is 15.3 Å². The molecule has 1 nitrogen and oxygen atoms in total. The highest BCUT2D eigenvalue weighted by Gasteiger charge is 2.28. The fraction of sp³-hybridized carbons (Fsp3) is 0.556. The molecule has 92 valence electrons. The Hall–Kier alpha value is 0.410. The van der Waals surface area contributed by atoms with Crippen LogP contribution in [0.15, 0.2) is 9.85 Å². The van der Waals surface area contributed by atoms with E-state index >= 15 is 0 Å². The molecule has 0 saturated heterocycles. The lowest BCUT2D eigenvalue weighted by atomic mass is 10.3. The number of ether oxygens (including phenoxy) is 1. The van der Waals surface area contributed by atoms with Crippen LogP contribution in [0.2, 0.25) is 0 Å². The van der Waals surface area contributed by atoms with Crippen LogP contribution >= 0.6 is 43.2 Å². The summed E-state index contributed by atoms with van der Waals surface area (Å²) in [5.41, 5.74) is 1.07. The second-order valence-electron chi connectivity index (χ2n) is 3.20. The van der Waals surface area contributed by atoms with Crippen LogP contribution in [0, 0.1) is 6.92 Å². The number of thiophene rings is 1. The van der Waals surface area contributed by atoms with Crippen molar-refractivity contribution in [2.45, 2.75) is 17.9 Å². The van der Waals surface area contributed by atoms with E-state index in [9.17, 15) is 13.2 Å². The highest BCUT2D eigenvalue weighted by atomic mass is 79.9. The lowest BCUT2D eigenvalue weighted by Crippen LogP contribution is -2.18. The molecule has 1 atom stereocenters. The molecular weight excluding hydrogens is 373 g/mol. The lowest BCUT2D eigenvalue weighted by Gasteiger charge is -2.10. The van der Waals surface area contributed by atoms with Gasteiger partial charge in [-0.05, 0) is 34.5 Å². The van der Waals surface area contributed by atoms with E-state index in [0.717, 1.165) is 14.2 Å². The van der Waals surface area contributed by atoms with E-state index in [1.54, 1.807) is 0 Å². The van der Waals surface area contributed by atoms with Crippen LogP contribution in [-0.2, 0) is 4.74 Å². The van der Waals surface area contributed by atoms with Crippen LogP contribution in [-0.4, -0.2) is 19.4 Å². The van der Waals surface area contributed by atoms with Crippen molar-refractivity contribution in [3.63, 3.8) is 0 Å². The third-order valence-corrected chi connectivity index (χ3v) is 5.03. The molecule has 0 radical (unpaired) electrons. The van der Waals surface area contributed by atoms with Gasteiger partial charge in [-0.1, -0.05) is 15.9 Å². The molecule has 16 heavy (non-hydrogen) atoms. The van der Waals surface area contributed by atoms with E-state index in [4.69, 9.17) is 0 Å². The van der Waals surface area contributed by atoms with Crippen molar-refractivity contribution >= 4 is 43.2 Å². The summed E-state index contributed by atoms with van der Waals surface area (Å²) in [6.07, 6.45) is -4.27. The number of alkyl halides is 4. The molecule has 7 heteroatoms. The van der Waals surface area contributed by atoms with Gasteiger partial charge in [-0.2, -0.15) is 13.2 Å². The summed E-state index contributed by atoms with van der Waals surface area (Å²) in [5, 5.41) is 0. The Morgan fingerprint density at radius 3 is 2.56 bits per heavy atom. The average Bonchev–Trinajstić information content (AvgIpc) is 2.45. The molecule has 1 heterocycles. The van der Waals surface area contributed by atoms with Gasteiger partial charge in [0, 0.05) is 4.88 Å². The van der Waals surface area contributed by atoms with Crippen molar-refractivity contribution < 1.29 is 17.9 Å². The first-order valence-corrected chi connectivity index (χ1v) is 6.86. The Morgan fingerprint density at radius 1 is 1.50 bits per heavy atom. The molecule has 0 N–H and O–H groups in total. The molecule has 1 aromatic rings. The van der Waals surface area contributed by atoms with E-state index in [0.29, 0.717) is 0 Å². The monoisotopic (exact) mass is 380 g/mol. The predicted molar refractivity (Wildman–Crippen MR) is 65.3 cm³/mol. The van der Waals surface area contributed by atoms with Gasteiger partial charge >= 0.3 is 6.18 Å². The SMILES string of the molecule is Cc1cc(C(Br)COCC(F)(F)F)sc1Br. The van der Waals surface area contributed by atoms with E-state index in [2.05, 4.69) is 36.6 Å². The predicted octanol–water partition coefficient (Wildman–Crippen LogP) is 4.83. The Morgan fingerprint density at radius 2 is 2.12 bits per heavy atom. The Balaban J connectivity index is 2.44. The summed E-state index contributed by atoms with van der Waals surface area (Å²) >= 11 is 8.15. The maximum Gasteiger partial charge on any atom is 0.411 e. The molecule has 0 spiro atoms. The maximum atomic E-state index is 11.8. The summed E-state index contributed by atoms with van der Waals surface area (Å²) in [7, 11) is 0. The second kappa shape index (κ2) is 5.84. The number of rotatable bonds is 4. The first-order valence-electron chi connectivity index (χ1n) is 4.34. The van der Waals surface area contributed by atoms with Crippen LogP contribution in [0.25, 0.3) is 0 Å². The van der Waals surface area contributed by atoms with Crippen molar-refractivity contribution in [1.29, 1.82) is 0 Å². The van der Waals surface area contributed by atoms with Crippen molar-refractivity contribution in [2.75, 3.05) is 13.2 Å². The fourth-order valence-corrected chi connectivity index (χ4v) is 3.13. The quantitative estimate of drug-likeness (QED) is 0.678. The second-order valence-corrected chi connectivity index (χ2v) is 6.71. The molecule has 0 amide bonds. The summed E-state index contributed by atoms with van der Waals surface area (Å²) in [5.74, 6) is 0. The zero-order chi connectivity index (χ0) is 12.3. The minimum Gasteiger partial charge on any atom is -0.370 e. The number of halogens is 5. The smallest absolute Gasteiger partial charge is 0.370 e. The fourth-order valence-electron chi connectivity index (χ4n) is 0.998. The van der Waals surface area contributed by atoms with E-state index in [1.807, 2.05) is 13.0 Å². The molecule has 0 bridgehead atoms. The molecule has 0 aromatic carbocycles. The van der Waals surface area contributed by atoms with Gasteiger partial charge in [0.25, 0.3) is 0 Å². The van der Waals surface area contributed by atoms with Crippen LogP contribution in [0.3, 0.4) is 0 Å². The van der Waals surface area contributed by atoms with Crippen molar-refractivity contribution in [3.05, 3.63) is 20.3 Å². The first-order chi connectivity index (χ1) is 7.29. The normalized spacial score (nSPS) is 14.1.